The van der Waals surface area contributed by atoms with Crippen molar-refractivity contribution in [3.63, 3.8) is 0 Å². The fourth-order valence-corrected chi connectivity index (χ4v) is 5.09. The van der Waals surface area contributed by atoms with Crippen LogP contribution in [-0.4, -0.2) is 80.2 Å². The predicted molar refractivity (Wildman–Crippen MR) is 111 cm³/mol. The van der Waals surface area contributed by atoms with E-state index in [0.29, 0.717) is 44.8 Å². The summed E-state index contributed by atoms with van der Waals surface area (Å²) in [4.78, 5) is 28.0. The Kier molecular flexibility index (Phi) is 7.26. The van der Waals surface area contributed by atoms with E-state index < -0.39 is 10.0 Å². The molecule has 8 nitrogen and oxygen atoms in total. The van der Waals surface area contributed by atoms with Crippen LogP contribution in [0.4, 0.5) is 5.69 Å². The molecule has 2 aliphatic heterocycles. The normalized spacial score (nSPS) is 19.1. The highest BCUT2D eigenvalue weighted by molar-refractivity contribution is 7.89. The van der Waals surface area contributed by atoms with Gasteiger partial charge in [0.25, 0.3) is 0 Å². The van der Waals surface area contributed by atoms with Crippen LogP contribution in [0.2, 0.25) is 0 Å². The van der Waals surface area contributed by atoms with Crippen molar-refractivity contribution in [3.8, 4) is 0 Å². The number of carbonyl (C=O) groups is 2. The summed E-state index contributed by atoms with van der Waals surface area (Å²) in [5, 5.41) is 2.71. The van der Waals surface area contributed by atoms with Crippen LogP contribution in [-0.2, 0) is 19.6 Å². The van der Waals surface area contributed by atoms with Crippen molar-refractivity contribution in [1.29, 1.82) is 0 Å². The van der Waals surface area contributed by atoms with E-state index in [2.05, 4.69) is 5.32 Å². The van der Waals surface area contributed by atoms with Crippen molar-refractivity contribution in [2.75, 3.05) is 51.1 Å². The SMILES string of the molecule is CCC(=O)Nc1ccc(S(=O)(=O)N2CCN(CC(=O)N3CCCCC3)CC2)cc1. The molecule has 0 unspecified atom stereocenters. The summed E-state index contributed by atoms with van der Waals surface area (Å²) in [5.41, 5.74) is 0.580. The van der Waals surface area contributed by atoms with E-state index in [-0.39, 0.29) is 16.7 Å². The highest BCUT2D eigenvalue weighted by Gasteiger charge is 2.30. The van der Waals surface area contributed by atoms with Crippen molar-refractivity contribution in [3.05, 3.63) is 24.3 Å². The minimum Gasteiger partial charge on any atom is -0.342 e. The molecular formula is C20H30N4O4S. The zero-order valence-electron chi connectivity index (χ0n) is 17.0. The number of rotatable bonds is 6. The lowest BCUT2D eigenvalue weighted by Gasteiger charge is -2.35. The van der Waals surface area contributed by atoms with Crippen molar-refractivity contribution in [2.45, 2.75) is 37.5 Å². The van der Waals surface area contributed by atoms with Gasteiger partial charge in [0.05, 0.1) is 11.4 Å². The van der Waals surface area contributed by atoms with Crippen LogP contribution in [0.5, 0.6) is 0 Å². The Balaban J connectivity index is 1.53. The first-order chi connectivity index (χ1) is 13.9. The summed E-state index contributed by atoms with van der Waals surface area (Å²) in [6, 6.07) is 6.25. The maximum atomic E-state index is 12.9. The fourth-order valence-electron chi connectivity index (χ4n) is 3.67. The molecule has 0 atom stereocenters. The number of amides is 2. The first-order valence-electron chi connectivity index (χ1n) is 10.3. The Labute approximate surface area is 172 Å². The molecule has 2 fully saturated rings. The van der Waals surface area contributed by atoms with Crippen molar-refractivity contribution in [1.82, 2.24) is 14.1 Å². The van der Waals surface area contributed by atoms with Gasteiger partial charge in [-0.2, -0.15) is 4.31 Å². The lowest BCUT2D eigenvalue weighted by atomic mass is 10.1. The number of piperazine rings is 1. The number of carbonyl (C=O) groups excluding carboxylic acids is 2. The molecule has 0 aromatic heterocycles. The number of sulfonamides is 1. The molecule has 160 valence electrons. The summed E-state index contributed by atoms with van der Waals surface area (Å²) in [6.45, 7) is 5.61. The van der Waals surface area contributed by atoms with Gasteiger partial charge in [-0.25, -0.2) is 8.42 Å². The summed E-state index contributed by atoms with van der Waals surface area (Å²) in [5.74, 6) is 0.0292. The van der Waals surface area contributed by atoms with Crippen molar-refractivity contribution >= 4 is 27.5 Å². The minimum atomic E-state index is -3.59. The molecule has 0 saturated carbocycles. The smallest absolute Gasteiger partial charge is 0.243 e. The van der Waals surface area contributed by atoms with Crippen LogP contribution in [0.3, 0.4) is 0 Å². The molecule has 0 spiro atoms. The van der Waals surface area contributed by atoms with Gasteiger partial charge in [-0.05, 0) is 43.5 Å². The standard InChI is InChI=1S/C20H30N4O4S/c1-2-19(25)21-17-6-8-18(9-7-17)29(27,28)24-14-12-22(13-15-24)16-20(26)23-10-4-3-5-11-23/h6-9H,2-5,10-16H2,1H3,(H,21,25). The molecular weight excluding hydrogens is 392 g/mol. The van der Waals surface area contributed by atoms with Crippen LogP contribution in [0.1, 0.15) is 32.6 Å². The molecule has 2 saturated heterocycles. The number of hydrogen-bond donors (Lipinski definition) is 1. The van der Waals surface area contributed by atoms with E-state index in [4.69, 9.17) is 0 Å². The average Bonchev–Trinajstić information content (AvgIpc) is 2.75. The first-order valence-corrected chi connectivity index (χ1v) is 11.7. The van der Waals surface area contributed by atoms with Crippen LogP contribution >= 0.6 is 0 Å². The topological polar surface area (TPSA) is 90.0 Å². The third-order valence-electron chi connectivity index (χ3n) is 5.50. The summed E-state index contributed by atoms with van der Waals surface area (Å²) < 4.78 is 27.3. The van der Waals surface area contributed by atoms with Crippen LogP contribution < -0.4 is 5.32 Å². The quantitative estimate of drug-likeness (QED) is 0.748. The molecule has 9 heteroatoms. The molecule has 1 aromatic carbocycles. The number of piperidine rings is 1. The molecule has 29 heavy (non-hydrogen) atoms. The molecule has 2 amide bonds. The van der Waals surface area contributed by atoms with E-state index in [0.717, 1.165) is 25.9 Å². The van der Waals surface area contributed by atoms with Crippen molar-refractivity contribution < 1.29 is 18.0 Å². The molecule has 1 aromatic rings. The lowest BCUT2D eigenvalue weighted by molar-refractivity contribution is -0.133. The molecule has 3 rings (SSSR count). The van der Waals surface area contributed by atoms with Gasteiger partial charge in [0.2, 0.25) is 21.8 Å². The largest absolute Gasteiger partial charge is 0.342 e. The summed E-state index contributed by atoms with van der Waals surface area (Å²) in [7, 11) is -3.59. The second kappa shape index (κ2) is 9.69. The second-order valence-electron chi connectivity index (χ2n) is 7.55. The summed E-state index contributed by atoms with van der Waals surface area (Å²) in [6.07, 6.45) is 3.69. The maximum Gasteiger partial charge on any atom is 0.243 e. The zero-order valence-corrected chi connectivity index (χ0v) is 17.8. The Bertz CT molecular complexity index is 811. The van der Waals surface area contributed by atoms with Gasteiger partial charge >= 0.3 is 0 Å². The Hall–Kier alpha value is -1.97. The first kappa shape index (κ1) is 21.7. The van der Waals surface area contributed by atoms with Gasteiger partial charge in [0.1, 0.15) is 0 Å². The van der Waals surface area contributed by atoms with E-state index >= 15 is 0 Å². The highest BCUT2D eigenvalue weighted by atomic mass is 32.2. The third-order valence-corrected chi connectivity index (χ3v) is 7.41. The number of benzene rings is 1. The highest BCUT2D eigenvalue weighted by Crippen LogP contribution is 2.20. The number of anilines is 1. The van der Waals surface area contributed by atoms with Crippen LogP contribution in [0.15, 0.2) is 29.2 Å². The van der Waals surface area contributed by atoms with Gasteiger partial charge in [0, 0.05) is 51.4 Å². The molecule has 2 heterocycles. The van der Waals surface area contributed by atoms with E-state index in [1.54, 1.807) is 19.1 Å². The maximum absolute atomic E-state index is 12.9. The summed E-state index contributed by atoms with van der Waals surface area (Å²) >= 11 is 0. The van der Waals surface area contributed by atoms with E-state index in [1.165, 1.54) is 22.9 Å². The second-order valence-corrected chi connectivity index (χ2v) is 9.49. The van der Waals surface area contributed by atoms with Gasteiger partial charge in [-0.15, -0.1) is 0 Å². The van der Waals surface area contributed by atoms with E-state index in [1.807, 2.05) is 9.80 Å². The number of hydrogen-bond acceptors (Lipinski definition) is 5. The zero-order chi connectivity index (χ0) is 20.9. The van der Waals surface area contributed by atoms with Gasteiger partial charge in [-0.1, -0.05) is 6.92 Å². The number of nitrogens with one attached hydrogen (secondary N) is 1. The number of likely N-dealkylation sites (tertiary alicyclic amines) is 1. The number of nitrogens with zero attached hydrogens (tertiary/aromatic N) is 3. The monoisotopic (exact) mass is 422 g/mol. The average molecular weight is 423 g/mol. The molecule has 1 N–H and O–H groups in total. The van der Waals surface area contributed by atoms with Gasteiger partial charge in [-0.3, -0.25) is 14.5 Å². The molecule has 0 aliphatic carbocycles. The van der Waals surface area contributed by atoms with Gasteiger partial charge in [0.15, 0.2) is 0 Å². The Morgan fingerprint density at radius 2 is 1.55 bits per heavy atom. The Morgan fingerprint density at radius 1 is 0.931 bits per heavy atom. The third kappa shape index (κ3) is 5.55. The predicted octanol–water partition coefficient (Wildman–Crippen LogP) is 1.35. The van der Waals surface area contributed by atoms with Gasteiger partial charge < -0.3 is 10.2 Å². The van der Waals surface area contributed by atoms with Crippen LogP contribution in [0.25, 0.3) is 0 Å². The minimum absolute atomic E-state index is 0.115. The lowest BCUT2D eigenvalue weighted by Crippen LogP contribution is -2.51. The fraction of sp³-hybridized carbons (Fsp3) is 0.600. The molecule has 0 radical (unpaired) electrons. The molecule has 0 bridgehead atoms. The van der Waals surface area contributed by atoms with Crippen LogP contribution in [0, 0.1) is 0 Å². The van der Waals surface area contributed by atoms with Crippen molar-refractivity contribution in [2.24, 2.45) is 0 Å². The molecule has 2 aliphatic rings. The Morgan fingerprint density at radius 3 is 2.14 bits per heavy atom. The van der Waals surface area contributed by atoms with E-state index in [9.17, 15) is 18.0 Å².